The Kier molecular flexibility index (Phi) is 33.8. The van der Waals surface area contributed by atoms with Crippen molar-refractivity contribution in [3.63, 3.8) is 0 Å². The van der Waals surface area contributed by atoms with E-state index in [2.05, 4.69) is 46.9 Å². The zero-order valence-electron chi connectivity index (χ0n) is 40.7. The molecule has 0 amide bonds. The number of ketones is 4. The smallest absolute Gasteiger partial charge is 0.308 e. The molecule has 3 unspecified atom stereocenters. The van der Waals surface area contributed by atoms with Crippen LogP contribution >= 0.6 is 0 Å². The molecule has 0 aromatic carbocycles. The van der Waals surface area contributed by atoms with Gasteiger partial charge in [-0.3, -0.25) is 33.6 Å². The first-order valence-electron chi connectivity index (χ1n) is 20.8. The number of nitrogens with one attached hydrogen (secondary N) is 1. The molecule has 0 saturated heterocycles. The van der Waals surface area contributed by atoms with E-state index >= 15 is 0 Å². The molecule has 0 aliphatic carbocycles. The van der Waals surface area contributed by atoms with Gasteiger partial charge in [-0.2, -0.15) is 0 Å². The second kappa shape index (κ2) is 32.2. The highest BCUT2D eigenvalue weighted by molar-refractivity contribution is 5.87. The first-order chi connectivity index (χ1) is 27.0. The summed E-state index contributed by atoms with van der Waals surface area (Å²) < 4.78 is 30.1. The van der Waals surface area contributed by atoms with Gasteiger partial charge in [0.15, 0.2) is 35.7 Å². The average molecular weight is 862 g/mol. The third-order valence-corrected chi connectivity index (χ3v) is 7.29. The van der Waals surface area contributed by atoms with Crippen LogP contribution in [0.4, 0.5) is 0 Å². The molecule has 0 aliphatic heterocycles. The quantitative estimate of drug-likeness (QED) is 0.0880. The highest BCUT2D eigenvalue weighted by Gasteiger charge is 2.21. The van der Waals surface area contributed by atoms with Gasteiger partial charge in [-0.1, -0.05) is 20.8 Å². The summed E-state index contributed by atoms with van der Waals surface area (Å²) in [5.41, 5.74) is -0.348. The molecule has 0 heterocycles. The van der Waals surface area contributed by atoms with Crippen LogP contribution in [0.5, 0.6) is 0 Å². The van der Waals surface area contributed by atoms with Gasteiger partial charge < -0.3 is 38.5 Å². The van der Waals surface area contributed by atoms with Crippen LogP contribution in [0.15, 0.2) is 0 Å². The van der Waals surface area contributed by atoms with Crippen molar-refractivity contribution in [2.24, 2.45) is 5.41 Å². The van der Waals surface area contributed by atoms with Gasteiger partial charge in [-0.15, -0.1) is 0 Å². The lowest BCUT2D eigenvalue weighted by atomic mass is 9.90. The minimum absolute atomic E-state index is 0.00703. The second-order valence-electron chi connectivity index (χ2n) is 18.5. The molecule has 0 fully saturated rings. The first kappa shape index (κ1) is 63.1. The van der Waals surface area contributed by atoms with Crippen LogP contribution in [0.1, 0.15) is 176 Å². The number of hydrogen-bond acceptors (Lipinski definition) is 15. The largest absolute Gasteiger partial charge is 0.466 e. The number of esters is 4. The molecule has 60 heavy (non-hydrogen) atoms. The summed E-state index contributed by atoms with van der Waals surface area (Å²) in [7, 11) is 0. The fraction of sp³-hybridized carbons (Fsp3) is 0.822. The van der Waals surface area contributed by atoms with Crippen LogP contribution in [0, 0.1) is 5.41 Å². The molecule has 0 radical (unpaired) electrons. The van der Waals surface area contributed by atoms with Crippen molar-refractivity contribution in [2.75, 3.05) is 26.4 Å². The Morgan fingerprint density at radius 1 is 0.533 bits per heavy atom. The SMILES string of the molecule is CC(=O)C(C)OC(=O)CCCC(C)(C)C.CC(=O)C(C)OC(=O)CCOC(C)(C)C.CC(=O)CCC(=O)OC(C)C(=O)COC(C)(C)C.CCOC(=O)CCNC(C)(C)C. The van der Waals surface area contributed by atoms with Crippen LogP contribution in [0.3, 0.4) is 0 Å². The topological polar surface area (TPSA) is 204 Å². The normalized spacial score (nSPS) is 12.8. The predicted octanol–water partition coefficient (Wildman–Crippen LogP) is 7.44. The van der Waals surface area contributed by atoms with Crippen molar-refractivity contribution >= 4 is 47.0 Å². The maximum atomic E-state index is 11.6. The van der Waals surface area contributed by atoms with Crippen molar-refractivity contribution in [1.29, 1.82) is 0 Å². The van der Waals surface area contributed by atoms with Gasteiger partial charge in [-0.25, -0.2) is 0 Å². The van der Waals surface area contributed by atoms with E-state index < -0.39 is 35.9 Å². The van der Waals surface area contributed by atoms with Gasteiger partial charge in [0.2, 0.25) is 0 Å². The van der Waals surface area contributed by atoms with Gasteiger partial charge in [0, 0.05) is 24.9 Å². The number of Topliss-reactive ketones (excluding diaryl/α,β-unsaturated/α-hetero) is 4. The molecule has 0 aromatic heterocycles. The molecule has 0 aromatic rings. The maximum absolute atomic E-state index is 11.6. The predicted molar refractivity (Wildman–Crippen MR) is 231 cm³/mol. The summed E-state index contributed by atoms with van der Waals surface area (Å²) in [5.74, 6) is -1.98. The van der Waals surface area contributed by atoms with E-state index in [-0.39, 0.29) is 77.5 Å². The van der Waals surface area contributed by atoms with Crippen molar-refractivity contribution in [2.45, 2.75) is 212 Å². The highest BCUT2D eigenvalue weighted by Crippen LogP contribution is 2.21. The Morgan fingerprint density at radius 3 is 1.35 bits per heavy atom. The van der Waals surface area contributed by atoms with Crippen LogP contribution in [-0.2, 0) is 66.8 Å². The zero-order chi connectivity index (χ0) is 48.1. The molecular formula is C45H83NO14. The number of carbonyl (C=O) groups excluding carboxylic acids is 8. The van der Waals surface area contributed by atoms with Crippen molar-refractivity contribution in [3.8, 4) is 0 Å². The molecular weight excluding hydrogens is 778 g/mol. The summed E-state index contributed by atoms with van der Waals surface area (Å²) in [6.07, 6.45) is 0.857. The highest BCUT2D eigenvalue weighted by atomic mass is 16.6. The Balaban J connectivity index is -0.000000352. The standard InChI is InChI=1S/C13H22O5.C12H22O3.C11H20O4.C9H19NO2/c1-9(14)6-7-12(16)18-10(2)11(15)8-17-13(3,4)5;1-9(13)10(2)15-11(14)7-6-8-12(3,4)5;1-8(12)9(2)15-10(13)6-7-14-11(3,4)5;1-5-12-8(11)6-7-10-9(2,3)4/h10H,6-8H2,1-5H3;10H,6-8H2,1-5H3;9H,6-7H2,1-5H3;10H,5-7H2,1-4H3. The third-order valence-electron chi connectivity index (χ3n) is 7.29. The van der Waals surface area contributed by atoms with Crippen LogP contribution in [0.25, 0.3) is 0 Å². The molecule has 0 rings (SSSR count). The Labute approximate surface area is 361 Å². The third kappa shape index (κ3) is 50.6. The molecule has 1 N–H and O–H groups in total. The van der Waals surface area contributed by atoms with E-state index in [0.717, 1.165) is 12.8 Å². The van der Waals surface area contributed by atoms with Crippen LogP contribution < -0.4 is 5.32 Å². The van der Waals surface area contributed by atoms with Crippen molar-refractivity contribution in [1.82, 2.24) is 5.32 Å². The Morgan fingerprint density at radius 2 is 0.967 bits per heavy atom. The zero-order valence-corrected chi connectivity index (χ0v) is 40.7. The van der Waals surface area contributed by atoms with E-state index in [1.165, 1.54) is 27.7 Å². The summed E-state index contributed by atoms with van der Waals surface area (Å²) in [6, 6.07) is 0. The lowest BCUT2D eigenvalue weighted by Crippen LogP contribution is -2.37. The Hall–Kier alpha value is -3.56. The van der Waals surface area contributed by atoms with Crippen LogP contribution in [-0.4, -0.2) is 108 Å². The number of ether oxygens (including phenoxy) is 6. The number of rotatable bonds is 21. The second-order valence-corrected chi connectivity index (χ2v) is 18.5. The molecule has 352 valence electrons. The van der Waals surface area contributed by atoms with E-state index in [0.29, 0.717) is 32.6 Å². The minimum Gasteiger partial charge on any atom is -0.466 e. The summed E-state index contributed by atoms with van der Waals surface area (Å²) in [5, 5.41) is 3.21. The van der Waals surface area contributed by atoms with E-state index in [4.69, 9.17) is 28.4 Å². The molecule has 3 atom stereocenters. The van der Waals surface area contributed by atoms with Gasteiger partial charge in [0.05, 0.1) is 43.7 Å². The minimum atomic E-state index is -0.841. The molecule has 0 aliphatic rings. The molecule has 15 heteroatoms. The molecule has 0 bridgehead atoms. The average Bonchev–Trinajstić information content (AvgIpc) is 3.05. The number of hydrogen-bond donors (Lipinski definition) is 1. The Bertz CT molecular complexity index is 1250. The van der Waals surface area contributed by atoms with Crippen molar-refractivity contribution < 1.29 is 66.8 Å². The fourth-order valence-electron chi connectivity index (χ4n) is 3.66. The van der Waals surface area contributed by atoms with Crippen LogP contribution in [0.2, 0.25) is 0 Å². The summed E-state index contributed by atoms with van der Waals surface area (Å²) >= 11 is 0. The molecule has 15 nitrogen and oxygen atoms in total. The number of carbonyl (C=O) groups is 8. The summed E-state index contributed by atoms with van der Waals surface area (Å²) in [4.78, 5) is 88.5. The van der Waals surface area contributed by atoms with E-state index in [9.17, 15) is 38.4 Å². The summed E-state index contributed by atoms with van der Waals surface area (Å²) in [6.45, 7) is 35.9. The van der Waals surface area contributed by atoms with Gasteiger partial charge in [0.25, 0.3) is 0 Å². The van der Waals surface area contributed by atoms with Gasteiger partial charge in [-0.05, 0) is 129 Å². The maximum Gasteiger partial charge on any atom is 0.308 e. The monoisotopic (exact) mass is 862 g/mol. The van der Waals surface area contributed by atoms with E-state index in [1.807, 2.05) is 48.5 Å². The van der Waals surface area contributed by atoms with Crippen molar-refractivity contribution in [3.05, 3.63) is 0 Å². The lowest BCUT2D eigenvalue weighted by Gasteiger charge is -2.20. The fourth-order valence-corrected chi connectivity index (χ4v) is 3.66. The van der Waals surface area contributed by atoms with Gasteiger partial charge in [0.1, 0.15) is 12.4 Å². The lowest BCUT2D eigenvalue weighted by molar-refractivity contribution is -0.157. The van der Waals surface area contributed by atoms with E-state index in [1.54, 1.807) is 13.8 Å². The molecule has 0 spiro atoms. The molecule has 0 saturated carbocycles. The van der Waals surface area contributed by atoms with Gasteiger partial charge >= 0.3 is 23.9 Å². The first-order valence-corrected chi connectivity index (χ1v) is 20.8.